The summed E-state index contributed by atoms with van der Waals surface area (Å²) in [5.74, 6) is 0.930. The van der Waals surface area contributed by atoms with Crippen LogP contribution in [0.1, 0.15) is 89.4 Å². The number of hydrogen-bond donors (Lipinski definition) is 0. The first-order chi connectivity index (χ1) is 13.0. The highest BCUT2D eigenvalue weighted by atomic mass is 16.5. The van der Waals surface area contributed by atoms with Crippen LogP contribution in [0.2, 0.25) is 0 Å². The molecule has 150 valence electrons. The topological polar surface area (TPSA) is 46.6 Å². The predicted octanol–water partition coefficient (Wildman–Crippen LogP) is 5.78. The molecule has 0 N–H and O–H groups in total. The van der Waals surface area contributed by atoms with Gasteiger partial charge in [0.25, 0.3) is 5.91 Å². The van der Waals surface area contributed by atoms with Gasteiger partial charge in [-0.1, -0.05) is 66.2 Å². The van der Waals surface area contributed by atoms with E-state index in [4.69, 9.17) is 4.74 Å². The number of ether oxygens (including phenoxy) is 1. The number of unbranched alkanes of at least 4 members (excludes halogenated alkanes) is 6. The summed E-state index contributed by atoms with van der Waals surface area (Å²) in [6, 6.07) is 5.48. The second kappa shape index (κ2) is 10.5. The Labute approximate surface area is 164 Å². The summed E-state index contributed by atoms with van der Waals surface area (Å²) in [5, 5.41) is 0. The van der Waals surface area contributed by atoms with Crippen LogP contribution in [0.5, 0.6) is 5.75 Å². The van der Waals surface area contributed by atoms with Gasteiger partial charge < -0.3 is 9.64 Å². The normalized spacial score (nSPS) is 16.4. The van der Waals surface area contributed by atoms with Gasteiger partial charge in [-0.05, 0) is 30.5 Å². The van der Waals surface area contributed by atoms with Gasteiger partial charge in [0.1, 0.15) is 5.75 Å². The fourth-order valence-corrected chi connectivity index (χ4v) is 3.54. The van der Waals surface area contributed by atoms with Gasteiger partial charge in [0.05, 0.1) is 5.69 Å². The summed E-state index contributed by atoms with van der Waals surface area (Å²) >= 11 is 0. The molecule has 0 saturated carbocycles. The average Bonchev–Trinajstić information content (AvgIpc) is 2.67. The molecule has 27 heavy (non-hydrogen) atoms. The number of hydrogen-bond acceptors (Lipinski definition) is 3. The van der Waals surface area contributed by atoms with Crippen molar-refractivity contribution in [2.45, 2.75) is 85.2 Å². The molecule has 0 radical (unpaired) electrons. The minimum absolute atomic E-state index is 0.0181. The Kier molecular flexibility index (Phi) is 8.33. The highest BCUT2D eigenvalue weighted by Crippen LogP contribution is 2.37. The van der Waals surface area contributed by atoms with Crippen LogP contribution in [0.4, 0.5) is 5.69 Å². The fourth-order valence-electron chi connectivity index (χ4n) is 3.54. The summed E-state index contributed by atoms with van der Waals surface area (Å²) in [5.41, 5.74) is 1.40. The van der Waals surface area contributed by atoms with Gasteiger partial charge in [0.15, 0.2) is 11.9 Å². The molecule has 0 saturated heterocycles. The van der Waals surface area contributed by atoms with E-state index in [2.05, 4.69) is 6.92 Å². The van der Waals surface area contributed by atoms with Gasteiger partial charge >= 0.3 is 0 Å². The molecule has 1 amide bonds. The predicted molar refractivity (Wildman–Crippen MR) is 111 cm³/mol. The molecule has 1 aliphatic rings. The maximum absolute atomic E-state index is 13.0. The number of ketones is 1. The molecule has 1 aliphatic heterocycles. The summed E-state index contributed by atoms with van der Waals surface area (Å²) in [6.07, 6.45) is 8.47. The number of anilines is 1. The first-order valence-electron chi connectivity index (χ1n) is 10.6. The molecule has 0 spiro atoms. The van der Waals surface area contributed by atoms with Crippen molar-refractivity contribution < 1.29 is 14.3 Å². The zero-order chi connectivity index (χ0) is 19.8. The van der Waals surface area contributed by atoms with Gasteiger partial charge in [-0.15, -0.1) is 0 Å². The number of carbonyl (C=O) groups excluding carboxylic acids is 2. The van der Waals surface area contributed by atoms with E-state index in [-0.39, 0.29) is 17.6 Å². The van der Waals surface area contributed by atoms with Crippen molar-refractivity contribution >= 4 is 17.4 Å². The van der Waals surface area contributed by atoms with Crippen LogP contribution in [-0.4, -0.2) is 24.3 Å². The zero-order valence-electron chi connectivity index (χ0n) is 17.4. The fraction of sp³-hybridized carbons (Fsp3) is 0.652. The molecule has 1 aromatic rings. The standard InChI is InChI=1S/C23H35NO3/c1-5-7-8-9-10-11-12-15-24-19-16-18(20(25)6-2)13-14-21(19)27-22(17(3)4)23(24)26/h13-14,16-17,22H,5-12,15H2,1-4H3. The summed E-state index contributed by atoms with van der Waals surface area (Å²) < 4.78 is 5.97. The van der Waals surface area contributed by atoms with Crippen LogP contribution in [0.15, 0.2) is 18.2 Å². The Hall–Kier alpha value is -1.84. The van der Waals surface area contributed by atoms with Crippen molar-refractivity contribution in [1.29, 1.82) is 0 Å². The quantitative estimate of drug-likeness (QED) is 0.365. The minimum Gasteiger partial charge on any atom is -0.478 e. The third kappa shape index (κ3) is 5.57. The SMILES string of the molecule is CCCCCCCCCN1C(=O)C(C(C)C)Oc2ccc(C(=O)CC)cc21. The molecule has 1 unspecified atom stereocenters. The number of nitrogens with zero attached hydrogens (tertiary/aromatic N) is 1. The molecule has 2 rings (SSSR count). The van der Waals surface area contributed by atoms with Gasteiger partial charge in [0, 0.05) is 18.5 Å². The molecular formula is C23H35NO3. The van der Waals surface area contributed by atoms with Crippen molar-refractivity contribution in [3.05, 3.63) is 23.8 Å². The van der Waals surface area contributed by atoms with E-state index in [9.17, 15) is 9.59 Å². The van der Waals surface area contributed by atoms with Gasteiger partial charge in [-0.3, -0.25) is 9.59 Å². The Morgan fingerprint density at radius 1 is 1.07 bits per heavy atom. The number of carbonyl (C=O) groups is 2. The molecule has 1 heterocycles. The van der Waals surface area contributed by atoms with Gasteiger partial charge in [0.2, 0.25) is 0 Å². The van der Waals surface area contributed by atoms with E-state index in [1.165, 1.54) is 32.1 Å². The maximum Gasteiger partial charge on any atom is 0.268 e. The second-order valence-corrected chi connectivity index (χ2v) is 7.85. The number of benzene rings is 1. The van der Waals surface area contributed by atoms with Crippen LogP contribution < -0.4 is 9.64 Å². The minimum atomic E-state index is -0.449. The lowest BCUT2D eigenvalue weighted by atomic mass is 10.0. The molecule has 0 aromatic heterocycles. The largest absolute Gasteiger partial charge is 0.478 e. The van der Waals surface area contributed by atoms with Crippen molar-refractivity contribution in [3.8, 4) is 5.75 Å². The molecule has 0 bridgehead atoms. The van der Waals surface area contributed by atoms with Gasteiger partial charge in [-0.25, -0.2) is 0 Å². The van der Waals surface area contributed by atoms with Crippen molar-refractivity contribution in [3.63, 3.8) is 0 Å². The highest BCUT2D eigenvalue weighted by Gasteiger charge is 2.36. The van der Waals surface area contributed by atoms with Crippen LogP contribution in [0.3, 0.4) is 0 Å². The molecule has 4 heteroatoms. The Bertz CT molecular complexity index is 639. The van der Waals surface area contributed by atoms with Crippen molar-refractivity contribution in [1.82, 2.24) is 0 Å². The zero-order valence-corrected chi connectivity index (χ0v) is 17.4. The van der Waals surface area contributed by atoms with E-state index in [0.717, 1.165) is 18.5 Å². The molecule has 1 aromatic carbocycles. The van der Waals surface area contributed by atoms with E-state index in [1.54, 1.807) is 0 Å². The second-order valence-electron chi connectivity index (χ2n) is 7.85. The smallest absolute Gasteiger partial charge is 0.268 e. The lowest BCUT2D eigenvalue weighted by Gasteiger charge is -2.36. The average molecular weight is 374 g/mol. The third-order valence-electron chi connectivity index (χ3n) is 5.25. The van der Waals surface area contributed by atoms with Crippen LogP contribution in [-0.2, 0) is 4.79 Å². The number of amides is 1. The van der Waals surface area contributed by atoms with Crippen LogP contribution >= 0.6 is 0 Å². The Morgan fingerprint density at radius 2 is 1.74 bits per heavy atom. The third-order valence-corrected chi connectivity index (χ3v) is 5.25. The number of fused-ring (bicyclic) bond motifs is 1. The number of Topliss-reactive ketones (excluding diaryl/α,β-unsaturated/α-hetero) is 1. The maximum atomic E-state index is 13.0. The van der Waals surface area contributed by atoms with Crippen molar-refractivity contribution in [2.24, 2.45) is 5.92 Å². The molecule has 0 fully saturated rings. The highest BCUT2D eigenvalue weighted by molar-refractivity contribution is 6.03. The van der Waals surface area contributed by atoms with E-state index in [0.29, 0.717) is 24.3 Å². The lowest BCUT2D eigenvalue weighted by Crippen LogP contribution is -2.48. The van der Waals surface area contributed by atoms with E-state index < -0.39 is 6.10 Å². The van der Waals surface area contributed by atoms with Crippen LogP contribution in [0, 0.1) is 5.92 Å². The van der Waals surface area contributed by atoms with Crippen LogP contribution in [0.25, 0.3) is 0 Å². The van der Waals surface area contributed by atoms with E-state index in [1.807, 2.05) is 43.9 Å². The number of rotatable bonds is 11. The van der Waals surface area contributed by atoms with Crippen molar-refractivity contribution in [2.75, 3.05) is 11.4 Å². The van der Waals surface area contributed by atoms with E-state index >= 15 is 0 Å². The summed E-state index contributed by atoms with van der Waals surface area (Å²) in [7, 11) is 0. The summed E-state index contributed by atoms with van der Waals surface area (Å²) in [4.78, 5) is 27.0. The Balaban J connectivity index is 2.10. The Morgan fingerprint density at radius 3 is 2.37 bits per heavy atom. The first-order valence-corrected chi connectivity index (χ1v) is 10.6. The molecule has 4 nitrogen and oxygen atoms in total. The first kappa shape index (κ1) is 21.5. The molecule has 0 aliphatic carbocycles. The monoisotopic (exact) mass is 373 g/mol. The lowest BCUT2D eigenvalue weighted by molar-refractivity contribution is -0.128. The molecule has 1 atom stereocenters. The summed E-state index contributed by atoms with van der Waals surface area (Å²) in [6.45, 7) is 8.79. The van der Waals surface area contributed by atoms with Gasteiger partial charge in [-0.2, -0.15) is 0 Å². The molecular weight excluding hydrogens is 338 g/mol.